The average molecular weight is 383 g/mol. The Balaban J connectivity index is 2.76. The molecule has 1 atom stereocenters. The van der Waals surface area contributed by atoms with Crippen LogP contribution in [0.2, 0.25) is 0 Å². The van der Waals surface area contributed by atoms with Gasteiger partial charge in [-0.1, -0.05) is 30.3 Å². The summed E-state index contributed by atoms with van der Waals surface area (Å²) in [5.41, 5.74) is 0.392. The molecule has 1 aromatic rings. The van der Waals surface area contributed by atoms with E-state index >= 15 is 0 Å². The lowest BCUT2D eigenvalue weighted by molar-refractivity contribution is -0.105. The van der Waals surface area contributed by atoms with Crippen molar-refractivity contribution in [3.63, 3.8) is 0 Å². The maximum atomic E-state index is 12.6. The van der Waals surface area contributed by atoms with Gasteiger partial charge in [0.25, 0.3) is 0 Å². The standard InChI is InChI=1S/C19H30NO5P/c1-5-24-26(23,15-13-21)14-9-12-20(18(22)25-19(2,3)4)16-17-10-7-6-8-11-17/h6-8,10-11,13H,5,9,12,14-16H2,1-4H3. The van der Waals surface area contributed by atoms with E-state index in [1.54, 1.807) is 11.8 Å². The number of carbonyl (C=O) groups is 2. The Kier molecular flexibility index (Phi) is 9.03. The van der Waals surface area contributed by atoms with Crippen LogP contribution in [0, 0.1) is 0 Å². The van der Waals surface area contributed by atoms with Crippen molar-refractivity contribution in [2.75, 3.05) is 25.5 Å². The highest BCUT2D eigenvalue weighted by Crippen LogP contribution is 2.46. The minimum atomic E-state index is -2.98. The number of nitrogens with zero attached hydrogens (tertiary/aromatic N) is 1. The topological polar surface area (TPSA) is 72.9 Å². The van der Waals surface area contributed by atoms with Crippen LogP contribution in [-0.4, -0.2) is 48.4 Å². The normalized spacial score (nSPS) is 13.7. The van der Waals surface area contributed by atoms with Crippen molar-refractivity contribution in [2.45, 2.75) is 46.3 Å². The van der Waals surface area contributed by atoms with Crippen LogP contribution in [0.1, 0.15) is 39.7 Å². The number of ether oxygens (including phenoxy) is 1. The first kappa shape index (κ1) is 22.4. The zero-order valence-corrected chi connectivity index (χ0v) is 17.0. The molecule has 6 nitrogen and oxygen atoms in total. The fourth-order valence-corrected chi connectivity index (χ4v) is 4.16. The third-order valence-electron chi connectivity index (χ3n) is 3.51. The third-order valence-corrected chi connectivity index (χ3v) is 5.94. The molecule has 0 fully saturated rings. The minimum Gasteiger partial charge on any atom is -0.444 e. The quantitative estimate of drug-likeness (QED) is 0.444. The van der Waals surface area contributed by atoms with E-state index in [0.717, 1.165) is 5.56 Å². The van der Waals surface area contributed by atoms with Crippen LogP contribution < -0.4 is 0 Å². The highest BCUT2D eigenvalue weighted by atomic mass is 31.2. The van der Waals surface area contributed by atoms with E-state index in [1.807, 2.05) is 51.1 Å². The van der Waals surface area contributed by atoms with E-state index in [1.165, 1.54) is 0 Å². The Hall–Kier alpha value is -1.65. The number of rotatable bonds is 10. The van der Waals surface area contributed by atoms with Gasteiger partial charge >= 0.3 is 6.09 Å². The number of hydrogen-bond donors (Lipinski definition) is 0. The molecule has 0 saturated carbocycles. The van der Waals surface area contributed by atoms with E-state index in [0.29, 0.717) is 32.4 Å². The molecule has 0 spiro atoms. The monoisotopic (exact) mass is 383 g/mol. The van der Waals surface area contributed by atoms with E-state index in [9.17, 15) is 14.2 Å². The Labute approximate surface area is 156 Å². The van der Waals surface area contributed by atoms with Gasteiger partial charge in [0.1, 0.15) is 11.9 Å². The van der Waals surface area contributed by atoms with Crippen LogP contribution in [0.5, 0.6) is 0 Å². The highest BCUT2D eigenvalue weighted by molar-refractivity contribution is 7.59. The van der Waals surface area contributed by atoms with Gasteiger partial charge < -0.3 is 19.0 Å². The van der Waals surface area contributed by atoms with Gasteiger partial charge in [0, 0.05) is 19.3 Å². The van der Waals surface area contributed by atoms with E-state index in [2.05, 4.69) is 0 Å². The average Bonchev–Trinajstić information content (AvgIpc) is 2.53. The highest BCUT2D eigenvalue weighted by Gasteiger charge is 2.25. The first-order valence-electron chi connectivity index (χ1n) is 8.87. The first-order chi connectivity index (χ1) is 12.2. The fraction of sp³-hybridized carbons (Fsp3) is 0.579. The van der Waals surface area contributed by atoms with E-state index in [-0.39, 0.29) is 12.3 Å². The molecule has 26 heavy (non-hydrogen) atoms. The zero-order valence-electron chi connectivity index (χ0n) is 16.1. The van der Waals surface area contributed by atoms with Crippen LogP contribution in [0.4, 0.5) is 4.79 Å². The lowest BCUT2D eigenvalue weighted by Gasteiger charge is -2.28. The van der Waals surface area contributed by atoms with Crippen molar-refractivity contribution < 1.29 is 23.4 Å². The number of hydrogen-bond acceptors (Lipinski definition) is 5. The van der Waals surface area contributed by atoms with Crippen molar-refractivity contribution in [2.24, 2.45) is 0 Å². The second-order valence-electron chi connectivity index (χ2n) is 7.05. The van der Waals surface area contributed by atoms with Gasteiger partial charge in [-0.2, -0.15) is 0 Å². The van der Waals surface area contributed by atoms with Gasteiger partial charge in [-0.15, -0.1) is 0 Å². The predicted molar refractivity (Wildman–Crippen MR) is 103 cm³/mol. The Bertz CT molecular complexity index is 612. The lowest BCUT2D eigenvalue weighted by Crippen LogP contribution is -2.37. The van der Waals surface area contributed by atoms with Crippen molar-refractivity contribution >= 4 is 19.7 Å². The Morgan fingerprint density at radius 2 is 1.88 bits per heavy atom. The lowest BCUT2D eigenvalue weighted by atomic mass is 10.2. The molecule has 1 amide bonds. The SMILES string of the molecule is CCOP(=O)(CC=O)CCCN(Cc1ccccc1)C(=O)OC(C)(C)C. The van der Waals surface area contributed by atoms with Crippen LogP contribution in [0.15, 0.2) is 30.3 Å². The molecule has 0 aliphatic heterocycles. The second kappa shape index (κ2) is 10.5. The minimum absolute atomic E-state index is 0.0913. The van der Waals surface area contributed by atoms with Gasteiger partial charge in [0.2, 0.25) is 7.37 Å². The van der Waals surface area contributed by atoms with E-state index in [4.69, 9.17) is 9.26 Å². The molecule has 0 aliphatic carbocycles. The smallest absolute Gasteiger partial charge is 0.410 e. The molecule has 0 aromatic heterocycles. The van der Waals surface area contributed by atoms with Crippen LogP contribution in [0.3, 0.4) is 0 Å². The molecule has 0 saturated heterocycles. The molecule has 1 unspecified atom stereocenters. The van der Waals surface area contributed by atoms with Gasteiger partial charge in [-0.25, -0.2) is 4.79 Å². The van der Waals surface area contributed by atoms with Gasteiger partial charge in [0.15, 0.2) is 0 Å². The Morgan fingerprint density at radius 3 is 2.42 bits per heavy atom. The molecular formula is C19H30NO5P. The first-order valence-corrected chi connectivity index (χ1v) is 10.9. The predicted octanol–water partition coefficient (Wildman–Crippen LogP) is 4.33. The van der Waals surface area contributed by atoms with Crippen LogP contribution in [-0.2, 0) is 25.2 Å². The molecule has 1 aromatic carbocycles. The molecule has 0 bridgehead atoms. The van der Waals surface area contributed by atoms with Gasteiger partial charge in [-0.05, 0) is 39.7 Å². The molecule has 0 N–H and O–H groups in total. The summed E-state index contributed by atoms with van der Waals surface area (Å²) in [6, 6.07) is 9.62. The molecule has 1 rings (SSSR count). The fourth-order valence-electron chi connectivity index (χ4n) is 2.43. The maximum Gasteiger partial charge on any atom is 0.410 e. The van der Waals surface area contributed by atoms with Gasteiger partial charge in [-0.3, -0.25) is 4.57 Å². The molecule has 0 aliphatic rings. The van der Waals surface area contributed by atoms with Crippen molar-refractivity contribution in [3.05, 3.63) is 35.9 Å². The third kappa shape index (κ3) is 8.63. The summed E-state index contributed by atoms with van der Waals surface area (Å²) in [5, 5.41) is 0. The summed E-state index contributed by atoms with van der Waals surface area (Å²) in [4.78, 5) is 24.9. The molecule has 7 heteroatoms. The van der Waals surface area contributed by atoms with Gasteiger partial charge in [0.05, 0.1) is 12.8 Å². The second-order valence-corrected chi connectivity index (χ2v) is 9.75. The molecule has 146 valence electrons. The summed E-state index contributed by atoms with van der Waals surface area (Å²) in [7, 11) is -2.98. The van der Waals surface area contributed by atoms with Crippen molar-refractivity contribution in [1.29, 1.82) is 0 Å². The summed E-state index contributed by atoms with van der Waals surface area (Å²) in [5.74, 6) is 0. The van der Waals surface area contributed by atoms with Crippen molar-refractivity contribution in [3.8, 4) is 0 Å². The van der Waals surface area contributed by atoms with Crippen molar-refractivity contribution in [1.82, 2.24) is 4.90 Å². The zero-order chi connectivity index (χ0) is 19.6. The van der Waals surface area contributed by atoms with E-state index < -0.39 is 19.1 Å². The largest absolute Gasteiger partial charge is 0.444 e. The molecule has 0 heterocycles. The Morgan fingerprint density at radius 1 is 1.23 bits per heavy atom. The number of amides is 1. The molecular weight excluding hydrogens is 353 g/mol. The maximum absolute atomic E-state index is 12.6. The number of benzene rings is 1. The summed E-state index contributed by atoms with van der Waals surface area (Å²) >= 11 is 0. The number of carbonyl (C=O) groups excluding carboxylic acids is 2. The summed E-state index contributed by atoms with van der Waals surface area (Å²) in [6.07, 6.45) is 0.853. The van der Waals surface area contributed by atoms with Crippen LogP contribution >= 0.6 is 7.37 Å². The van der Waals surface area contributed by atoms with Crippen LogP contribution in [0.25, 0.3) is 0 Å². The summed E-state index contributed by atoms with van der Waals surface area (Å²) in [6.45, 7) is 8.28. The summed E-state index contributed by atoms with van der Waals surface area (Å²) < 4.78 is 23.3. The molecule has 0 radical (unpaired) electrons. The number of aldehydes is 1.